The van der Waals surface area contributed by atoms with E-state index in [1.54, 1.807) is 12.3 Å². The Hall–Kier alpha value is -1.94. The number of aryl methyl sites for hydroxylation is 1. The van der Waals surface area contributed by atoms with E-state index in [-0.39, 0.29) is 5.82 Å². The SMILES string of the molecule is Cc1ccc(CN2CCC3CCN(c4ncccc4F)CC32)cc1. The lowest BCUT2D eigenvalue weighted by Gasteiger charge is -2.39. The number of benzene rings is 1. The van der Waals surface area contributed by atoms with E-state index in [9.17, 15) is 4.39 Å². The molecule has 0 spiro atoms. The molecule has 3 heterocycles. The van der Waals surface area contributed by atoms with E-state index < -0.39 is 0 Å². The summed E-state index contributed by atoms with van der Waals surface area (Å²) in [6.45, 7) is 6.04. The van der Waals surface area contributed by atoms with E-state index in [4.69, 9.17) is 0 Å². The van der Waals surface area contributed by atoms with Crippen LogP contribution in [0.3, 0.4) is 0 Å². The first kappa shape index (κ1) is 15.6. The lowest BCUT2D eigenvalue weighted by molar-refractivity contribution is 0.200. The molecule has 3 nitrogen and oxygen atoms in total. The fourth-order valence-electron chi connectivity index (χ4n) is 4.15. The fraction of sp³-hybridized carbons (Fsp3) is 0.450. The summed E-state index contributed by atoms with van der Waals surface area (Å²) < 4.78 is 14.1. The second-order valence-electron chi connectivity index (χ2n) is 7.12. The highest BCUT2D eigenvalue weighted by Gasteiger charge is 2.38. The number of hydrogen-bond donors (Lipinski definition) is 0. The molecular weight excluding hydrogens is 301 g/mol. The second kappa shape index (κ2) is 6.52. The Bertz CT molecular complexity index is 700. The van der Waals surface area contributed by atoms with Crippen LogP contribution in [0.5, 0.6) is 0 Å². The first-order valence-electron chi connectivity index (χ1n) is 8.86. The van der Waals surface area contributed by atoms with E-state index in [0.29, 0.717) is 11.9 Å². The van der Waals surface area contributed by atoms with Crippen molar-refractivity contribution in [1.82, 2.24) is 9.88 Å². The van der Waals surface area contributed by atoms with Gasteiger partial charge in [-0.1, -0.05) is 29.8 Å². The van der Waals surface area contributed by atoms with Crippen molar-refractivity contribution in [2.24, 2.45) is 5.92 Å². The number of likely N-dealkylation sites (tertiary alicyclic amines) is 1. The summed E-state index contributed by atoms with van der Waals surface area (Å²) in [6, 6.07) is 12.5. The van der Waals surface area contributed by atoms with Gasteiger partial charge in [-0.05, 0) is 49.9 Å². The maximum Gasteiger partial charge on any atom is 0.165 e. The van der Waals surface area contributed by atoms with Gasteiger partial charge < -0.3 is 4.90 Å². The summed E-state index contributed by atoms with van der Waals surface area (Å²) in [5, 5.41) is 0. The molecule has 2 aromatic rings. The zero-order valence-corrected chi connectivity index (χ0v) is 14.2. The highest BCUT2D eigenvalue weighted by atomic mass is 19.1. The predicted molar refractivity (Wildman–Crippen MR) is 94.5 cm³/mol. The number of pyridine rings is 1. The normalized spacial score (nSPS) is 24.2. The van der Waals surface area contributed by atoms with Crippen LogP contribution in [0.1, 0.15) is 24.0 Å². The molecule has 2 atom stereocenters. The van der Waals surface area contributed by atoms with Crippen molar-refractivity contribution in [3.05, 3.63) is 59.5 Å². The number of rotatable bonds is 3. The first-order valence-corrected chi connectivity index (χ1v) is 8.86. The van der Waals surface area contributed by atoms with Crippen LogP contribution >= 0.6 is 0 Å². The van der Waals surface area contributed by atoms with Gasteiger partial charge in [-0.25, -0.2) is 9.37 Å². The summed E-state index contributed by atoms with van der Waals surface area (Å²) in [7, 11) is 0. The molecule has 1 aromatic carbocycles. The summed E-state index contributed by atoms with van der Waals surface area (Å²) >= 11 is 0. The molecular formula is C20H24FN3. The molecule has 126 valence electrons. The van der Waals surface area contributed by atoms with Crippen LogP contribution < -0.4 is 4.90 Å². The molecule has 4 rings (SSSR count). The molecule has 0 N–H and O–H groups in total. The van der Waals surface area contributed by atoms with Gasteiger partial charge in [0.25, 0.3) is 0 Å². The van der Waals surface area contributed by atoms with Crippen molar-refractivity contribution < 1.29 is 4.39 Å². The average Bonchev–Trinajstić information content (AvgIpc) is 2.99. The average molecular weight is 325 g/mol. The van der Waals surface area contributed by atoms with Crippen molar-refractivity contribution in [2.45, 2.75) is 32.4 Å². The summed E-state index contributed by atoms with van der Waals surface area (Å²) in [5.74, 6) is 1.04. The first-order chi connectivity index (χ1) is 11.7. The van der Waals surface area contributed by atoms with Crippen LogP contribution in [0.4, 0.5) is 10.2 Å². The lowest BCUT2D eigenvalue weighted by Crippen LogP contribution is -2.48. The van der Waals surface area contributed by atoms with Crippen LogP contribution in [0, 0.1) is 18.7 Å². The molecule has 0 aliphatic carbocycles. The monoisotopic (exact) mass is 325 g/mol. The van der Waals surface area contributed by atoms with Crippen LogP contribution in [0.2, 0.25) is 0 Å². The quantitative estimate of drug-likeness (QED) is 0.859. The topological polar surface area (TPSA) is 19.4 Å². The zero-order chi connectivity index (χ0) is 16.5. The molecule has 2 aliphatic heterocycles. The molecule has 0 bridgehead atoms. The number of piperidine rings is 1. The summed E-state index contributed by atoms with van der Waals surface area (Å²) in [4.78, 5) is 8.97. The molecule has 0 radical (unpaired) electrons. The molecule has 0 amide bonds. The van der Waals surface area contributed by atoms with Gasteiger partial charge in [0.1, 0.15) is 0 Å². The Kier molecular flexibility index (Phi) is 4.23. The Balaban J connectivity index is 1.49. The third-order valence-corrected chi connectivity index (χ3v) is 5.52. The smallest absolute Gasteiger partial charge is 0.165 e. The Morgan fingerprint density at radius 1 is 1.12 bits per heavy atom. The molecule has 1 aromatic heterocycles. The zero-order valence-electron chi connectivity index (χ0n) is 14.2. The van der Waals surface area contributed by atoms with Gasteiger partial charge in [0.05, 0.1) is 0 Å². The van der Waals surface area contributed by atoms with Crippen molar-refractivity contribution in [3.8, 4) is 0 Å². The number of halogens is 1. The largest absolute Gasteiger partial charge is 0.353 e. The Morgan fingerprint density at radius 3 is 2.71 bits per heavy atom. The van der Waals surface area contributed by atoms with Gasteiger partial charge in [0.2, 0.25) is 0 Å². The van der Waals surface area contributed by atoms with Gasteiger partial charge in [0.15, 0.2) is 11.6 Å². The molecule has 2 unspecified atom stereocenters. The van der Waals surface area contributed by atoms with E-state index in [1.807, 2.05) is 0 Å². The Labute approximate surface area is 143 Å². The molecule has 2 aliphatic rings. The van der Waals surface area contributed by atoms with E-state index >= 15 is 0 Å². The third kappa shape index (κ3) is 3.03. The van der Waals surface area contributed by atoms with E-state index in [0.717, 1.165) is 38.5 Å². The number of nitrogens with zero attached hydrogens (tertiary/aromatic N) is 3. The number of aromatic nitrogens is 1. The lowest BCUT2D eigenvalue weighted by atomic mass is 9.92. The van der Waals surface area contributed by atoms with E-state index in [2.05, 4.69) is 46.0 Å². The molecule has 2 fully saturated rings. The van der Waals surface area contributed by atoms with Gasteiger partial charge >= 0.3 is 0 Å². The standard InChI is InChI=1S/C20H24FN3/c1-15-4-6-16(7-5-15)13-23-11-8-17-9-12-24(14-19(17)23)20-18(21)3-2-10-22-20/h2-7,10,17,19H,8-9,11-14H2,1H3. The van der Waals surface area contributed by atoms with Crippen molar-refractivity contribution in [2.75, 3.05) is 24.5 Å². The predicted octanol–water partition coefficient (Wildman–Crippen LogP) is 3.63. The fourth-order valence-corrected chi connectivity index (χ4v) is 4.15. The van der Waals surface area contributed by atoms with Crippen molar-refractivity contribution in [1.29, 1.82) is 0 Å². The molecule has 0 saturated carbocycles. The highest BCUT2D eigenvalue weighted by molar-refractivity contribution is 5.40. The third-order valence-electron chi connectivity index (χ3n) is 5.52. The minimum Gasteiger partial charge on any atom is -0.353 e. The van der Waals surface area contributed by atoms with Crippen LogP contribution in [-0.4, -0.2) is 35.6 Å². The minimum atomic E-state index is -0.209. The molecule has 2 saturated heterocycles. The van der Waals surface area contributed by atoms with Crippen LogP contribution in [0.15, 0.2) is 42.6 Å². The van der Waals surface area contributed by atoms with E-state index in [1.165, 1.54) is 23.6 Å². The van der Waals surface area contributed by atoms with Gasteiger partial charge in [0, 0.05) is 31.9 Å². The summed E-state index contributed by atoms with van der Waals surface area (Å²) in [6.07, 6.45) is 4.07. The van der Waals surface area contributed by atoms with Crippen molar-refractivity contribution >= 4 is 5.82 Å². The maximum absolute atomic E-state index is 14.1. The Morgan fingerprint density at radius 2 is 1.92 bits per heavy atom. The van der Waals surface area contributed by atoms with Gasteiger partial charge in [-0.3, -0.25) is 4.90 Å². The number of anilines is 1. The van der Waals surface area contributed by atoms with Gasteiger partial charge in [-0.2, -0.15) is 0 Å². The number of fused-ring (bicyclic) bond motifs is 1. The minimum absolute atomic E-state index is 0.209. The van der Waals surface area contributed by atoms with Crippen LogP contribution in [0.25, 0.3) is 0 Å². The molecule has 4 heteroatoms. The van der Waals surface area contributed by atoms with Gasteiger partial charge in [-0.15, -0.1) is 0 Å². The second-order valence-corrected chi connectivity index (χ2v) is 7.12. The maximum atomic E-state index is 14.1. The number of hydrogen-bond acceptors (Lipinski definition) is 3. The molecule has 24 heavy (non-hydrogen) atoms. The van der Waals surface area contributed by atoms with Crippen LogP contribution in [-0.2, 0) is 6.54 Å². The highest BCUT2D eigenvalue weighted by Crippen LogP contribution is 2.34. The van der Waals surface area contributed by atoms with Crippen molar-refractivity contribution in [3.63, 3.8) is 0 Å². The summed E-state index contributed by atoms with van der Waals surface area (Å²) in [5.41, 5.74) is 2.66.